The van der Waals surface area contributed by atoms with Gasteiger partial charge in [0.2, 0.25) is 0 Å². The lowest BCUT2D eigenvalue weighted by Crippen LogP contribution is -2.17. The summed E-state index contributed by atoms with van der Waals surface area (Å²) in [4.78, 5) is 6.31. The molecule has 0 amide bonds. The van der Waals surface area contributed by atoms with E-state index in [4.69, 9.17) is 5.73 Å². The second-order valence-electron chi connectivity index (χ2n) is 4.26. The summed E-state index contributed by atoms with van der Waals surface area (Å²) < 4.78 is 0. The molecule has 2 N–H and O–H groups in total. The number of aryl methyl sites for hydroxylation is 1. The summed E-state index contributed by atoms with van der Waals surface area (Å²) in [6.07, 6.45) is 3.70. The van der Waals surface area contributed by atoms with E-state index in [0.717, 1.165) is 12.2 Å². The highest BCUT2D eigenvalue weighted by molar-refractivity contribution is 5.51. The van der Waals surface area contributed by atoms with Crippen molar-refractivity contribution < 1.29 is 0 Å². The van der Waals surface area contributed by atoms with Crippen LogP contribution >= 0.6 is 0 Å². The standard InChI is InChI=1S/C14H17N3/c1-11-9-16-8-7-14(11)17(2)10-12-3-5-13(15)6-4-12/h3-9H,10,15H2,1-2H3. The average molecular weight is 227 g/mol. The smallest absolute Gasteiger partial charge is 0.0427 e. The number of nitrogens with zero attached hydrogens (tertiary/aromatic N) is 2. The molecule has 1 heterocycles. The molecule has 0 saturated heterocycles. The molecule has 88 valence electrons. The van der Waals surface area contributed by atoms with Gasteiger partial charge in [-0.2, -0.15) is 0 Å². The number of nitrogen functional groups attached to an aromatic ring is 1. The Bertz CT molecular complexity index is 491. The zero-order chi connectivity index (χ0) is 12.3. The maximum atomic E-state index is 5.67. The number of pyridine rings is 1. The molecular weight excluding hydrogens is 210 g/mol. The van der Waals surface area contributed by atoms with Crippen LogP contribution in [0.3, 0.4) is 0 Å². The second-order valence-corrected chi connectivity index (χ2v) is 4.26. The SMILES string of the molecule is Cc1cnccc1N(C)Cc1ccc(N)cc1. The van der Waals surface area contributed by atoms with E-state index in [1.54, 1.807) is 0 Å². The molecule has 0 unspecified atom stereocenters. The molecular formula is C14H17N3. The molecule has 0 atom stereocenters. The summed E-state index contributed by atoms with van der Waals surface area (Å²) in [7, 11) is 2.08. The van der Waals surface area contributed by atoms with Crippen molar-refractivity contribution in [2.45, 2.75) is 13.5 Å². The van der Waals surface area contributed by atoms with Crippen LogP contribution < -0.4 is 10.6 Å². The van der Waals surface area contributed by atoms with Crippen LogP contribution in [0.25, 0.3) is 0 Å². The van der Waals surface area contributed by atoms with Crippen LogP contribution in [0, 0.1) is 6.92 Å². The van der Waals surface area contributed by atoms with Crippen LogP contribution in [0.2, 0.25) is 0 Å². The van der Waals surface area contributed by atoms with Crippen molar-refractivity contribution in [3.05, 3.63) is 53.9 Å². The topological polar surface area (TPSA) is 42.2 Å². The Morgan fingerprint density at radius 2 is 1.88 bits per heavy atom. The molecule has 0 aliphatic heterocycles. The molecule has 3 nitrogen and oxygen atoms in total. The number of hydrogen-bond donors (Lipinski definition) is 1. The zero-order valence-electron chi connectivity index (χ0n) is 10.2. The van der Waals surface area contributed by atoms with E-state index in [-0.39, 0.29) is 0 Å². The van der Waals surface area contributed by atoms with Gasteiger partial charge in [-0.25, -0.2) is 0 Å². The highest BCUT2D eigenvalue weighted by Gasteiger charge is 2.04. The van der Waals surface area contributed by atoms with E-state index in [9.17, 15) is 0 Å². The molecule has 0 fully saturated rings. The normalized spacial score (nSPS) is 10.2. The Kier molecular flexibility index (Phi) is 3.28. The Morgan fingerprint density at radius 3 is 2.53 bits per heavy atom. The minimum atomic E-state index is 0.802. The quantitative estimate of drug-likeness (QED) is 0.819. The lowest BCUT2D eigenvalue weighted by atomic mass is 10.1. The van der Waals surface area contributed by atoms with Crippen LogP contribution in [0.15, 0.2) is 42.7 Å². The zero-order valence-corrected chi connectivity index (χ0v) is 10.2. The monoisotopic (exact) mass is 227 g/mol. The first kappa shape index (κ1) is 11.5. The van der Waals surface area contributed by atoms with Crippen LogP contribution in [-0.4, -0.2) is 12.0 Å². The van der Waals surface area contributed by atoms with Gasteiger partial charge < -0.3 is 10.6 Å². The number of benzene rings is 1. The van der Waals surface area contributed by atoms with Crippen LogP contribution in [0.4, 0.5) is 11.4 Å². The van der Waals surface area contributed by atoms with Crippen LogP contribution in [-0.2, 0) is 6.54 Å². The van der Waals surface area contributed by atoms with Gasteiger partial charge in [0.25, 0.3) is 0 Å². The lowest BCUT2D eigenvalue weighted by Gasteiger charge is -2.21. The maximum Gasteiger partial charge on any atom is 0.0427 e. The first-order valence-electron chi connectivity index (χ1n) is 5.63. The van der Waals surface area contributed by atoms with Gasteiger partial charge in [0, 0.05) is 37.4 Å². The third kappa shape index (κ3) is 2.75. The molecule has 0 spiro atoms. The fraction of sp³-hybridized carbons (Fsp3) is 0.214. The third-order valence-corrected chi connectivity index (χ3v) is 2.80. The van der Waals surface area contributed by atoms with Gasteiger partial charge in [-0.1, -0.05) is 12.1 Å². The van der Waals surface area contributed by atoms with Crippen molar-refractivity contribution in [1.29, 1.82) is 0 Å². The molecule has 2 aromatic rings. The Labute approximate surface area is 102 Å². The van der Waals surface area contributed by atoms with E-state index >= 15 is 0 Å². The summed E-state index contributed by atoms with van der Waals surface area (Å²) >= 11 is 0. The van der Waals surface area contributed by atoms with Crippen molar-refractivity contribution in [2.24, 2.45) is 0 Å². The fourth-order valence-corrected chi connectivity index (χ4v) is 1.88. The maximum absolute atomic E-state index is 5.67. The molecule has 1 aromatic carbocycles. The molecule has 1 aromatic heterocycles. The van der Waals surface area contributed by atoms with E-state index in [0.29, 0.717) is 0 Å². The Hall–Kier alpha value is -2.03. The number of rotatable bonds is 3. The van der Waals surface area contributed by atoms with Crippen molar-refractivity contribution in [3.63, 3.8) is 0 Å². The highest BCUT2D eigenvalue weighted by atomic mass is 15.1. The average Bonchev–Trinajstić information content (AvgIpc) is 2.32. The van der Waals surface area contributed by atoms with Crippen molar-refractivity contribution in [1.82, 2.24) is 4.98 Å². The lowest BCUT2D eigenvalue weighted by molar-refractivity contribution is 0.914. The van der Waals surface area contributed by atoms with Gasteiger partial charge in [0.05, 0.1) is 0 Å². The van der Waals surface area contributed by atoms with Gasteiger partial charge in [0.15, 0.2) is 0 Å². The predicted octanol–water partition coefficient (Wildman–Crippen LogP) is 2.61. The van der Waals surface area contributed by atoms with E-state index in [1.165, 1.54) is 16.8 Å². The summed E-state index contributed by atoms with van der Waals surface area (Å²) in [5.41, 5.74) is 10.1. The number of aromatic nitrogens is 1. The molecule has 3 heteroatoms. The van der Waals surface area contributed by atoms with Crippen LogP contribution in [0.5, 0.6) is 0 Å². The summed E-state index contributed by atoms with van der Waals surface area (Å²) in [5.74, 6) is 0. The van der Waals surface area contributed by atoms with Gasteiger partial charge in [-0.05, 0) is 36.2 Å². The minimum Gasteiger partial charge on any atom is -0.399 e. The van der Waals surface area contributed by atoms with Gasteiger partial charge in [-0.15, -0.1) is 0 Å². The van der Waals surface area contributed by atoms with Crippen molar-refractivity contribution in [2.75, 3.05) is 17.7 Å². The Balaban J connectivity index is 2.14. The first-order valence-corrected chi connectivity index (χ1v) is 5.63. The van der Waals surface area contributed by atoms with Gasteiger partial charge in [0.1, 0.15) is 0 Å². The number of anilines is 2. The highest BCUT2D eigenvalue weighted by Crippen LogP contribution is 2.19. The number of nitrogens with two attached hydrogens (primary N) is 1. The molecule has 0 aliphatic rings. The summed E-state index contributed by atoms with van der Waals surface area (Å²) in [6.45, 7) is 2.94. The molecule has 0 radical (unpaired) electrons. The third-order valence-electron chi connectivity index (χ3n) is 2.80. The van der Waals surface area contributed by atoms with Crippen LogP contribution in [0.1, 0.15) is 11.1 Å². The van der Waals surface area contributed by atoms with E-state index in [2.05, 4.69) is 36.0 Å². The summed E-state index contributed by atoms with van der Waals surface area (Å²) in [5, 5.41) is 0. The molecule has 0 bridgehead atoms. The van der Waals surface area contributed by atoms with Gasteiger partial charge in [-0.3, -0.25) is 4.98 Å². The summed E-state index contributed by atoms with van der Waals surface area (Å²) in [6, 6.07) is 10.0. The second kappa shape index (κ2) is 4.87. The minimum absolute atomic E-state index is 0.802. The molecule has 0 saturated carbocycles. The molecule has 2 rings (SSSR count). The fourth-order valence-electron chi connectivity index (χ4n) is 1.88. The molecule has 0 aliphatic carbocycles. The van der Waals surface area contributed by atoms with E-state index in [1.807, 2.05) is 30.6 Å². The number of hydrogen-bond acceptors (Lipinski definition) is 3. The first-order chi connectivity index (χ1) is 8.16. The van der Waals surface area contributed by atoms with Crippen molar-refractivity contribution >= 4 is 11.4 Å². The largest absolute Gasteiger partial charge is 0.399 e. The predicted molar refractivity (Wildman–Crippen MR) is 71.9 cm³/mol. The van der Waals surface area contributed by atoms with E-state index < -0.39 is 0 Å². The Morgan fingerprint density at radius 1 is 1.18 bits per heavy atom. The molecule has 17 heavy (non-hydrogen) atoms. The van der Waals surface area contributed by atoms with Crippen molar-refractivity contribution in [3.8, 4) is 0 Å². The van der Waals surface area contributed by atoms with Gasteiger partial charge >= 0.3 is 0 Å².